The first kappa shape index (κ1) is 15.3. The summed E-state index contributed by atoms with van der Waals surface area (Å²) in [5.41, 5.74) is 0.892. The Morgan fingerprint density at radius 1 is 1.19 bits per heavy atom. The first-order valence-corrected chi connectivity index (χ1v) is 7.36. The Balaban J connectivity index is 2.56. The van der Waals surface area contributed by atoms with Crippen molar-refractivity contribution in [1.82, 2.24) is 9.78 Å². The SMILES string of the molecule is CCC(C)(CC)C(=O)c1c(C)[nH]n(-c2ccccc2)c1=O. The summed E-state index contributed by atoms with van der Waals surface area (Å²) in [7, 11) is 0. The highest BCUT2D eigenvalue weighted by atomic mass is 16.2. The molecule has 0 fully saturated rings. The van der Waals surface area contributed by atoms with Crippen LogP contribution in [0.2, 0.25) is 0 Å². The van der Waals surface area contributed by atoms with Crippen molar-refractivity contribution in [2.45, 2.75) is 40.5 Å². The first-order valence-electron chi connectivity index (χ1n) is 7.36. The van der Waals surface area contributed by atoms with Gasteiger partial charge in [-0.3, -0.25) is 14.7 Å². The zero-order chi connectivity index (χ0) is 15.6. The number of ketones is 1. The van der Waals surface area contributed by atoms with E-state index >= 15 is 0 Å². The highest BCUT2D eigenvalue weighted by Gasteiger charge is 2.34. The lowest BCUT2D eigenvalue weighted by Gasteiger charge is -2.24. The largest absolute Gasteiger partial charge is 0.295 e. The maximum absolute atomic E-state index is 12.8. The number of carbonyl (C=O) groups excluding carboxylic acids is 1. The molecule has 4 heteroatoms. The Labute approximate surface area is 124 Å². The second-order valence-corrected chi connectivity index (χ2v) is 5.68. The summed E-state index contributed by atoms with van der Waals surface area (Å²) < 4.78 is 1.44. The summed E-state index contributed by atoms with van der Waals surface area (Å²) in [6.45, 7) is 7.67. The predicted molar refractivity (Wildman–Crippen MR) is 84.1 cm³/mol. The highest BCUT2D eigenvalue weighted by Crippen LogP contribution is 2.30. The predicted octanol–water partition coefficient (Wildman–Crippen LogP) is 3.48. The smallest absolute Gasteiger partial charge is 0.282 e. The van der Waals surface area contributed by atoms with E-state index in [1.54, 1.807) is 6.92 Å². The maximum Gasteiger partial charge on any atom is 0.282 e. The average Bonchev–Trinajstić information content (AvgIpc) is 2.81. The fourth-order valence-corrected chi connectivity index (χ4v) is 2.45. The maximum atomic E-state index is 12.8. The van der Waals surface area contributed by atoms with Crippen LogP contribution in [0.4, 0.5) is 0 Å². The molecule has 1 aromatic heterocycles. The first-order chi connectivity index (χ1) is 9.94. The molecule has 0 amide bonds. The molecular weight excluding hydrogens is 264 g/mol. The van der Waals surface area contributed by atoms with Gasteiger partial charge >= 0.3 is 0 Å². The topological polar surface area (TPSA) is 54.9 Å². The van der Waals surface area contributed by atoms with Crippen LogP contribution in [0.3, 0.4) is 0 Å². The van der Waals surface area contributed by atoms with Crippen LogP contribution in [-0.4, -0.2) is 15.6 Å². The van der Waals surface area contributed by atoms with E-state index in [2.05, 4.69) is 5.10 Å². The summed E-state index contributed by atoms with van der Waals surface area (Å²) in [6, 6.07) is 9.29. The number of nitrogens with zero attached hydrogens (tertiary/aromatic N) is 1. The van der Waals surface area contributed by atoms with Gasteiger partial charge < -0.3 is 0 Å². The molecule has 1 N–H and O–H groups in total. The van der Waals surface area contributed by atoms with Gasteiger partial charge in [0.25, 0.3) is 5.56 Å². The number of aryl methyl sites for hydroxylation is 1. The quantitative estimate of drug-likeness (QED) is 0.855. The van der Waals surface area contributed by atoms with Crippen molar-refractivity contribution in [2.24, 2.45) is 5.41 Å². The summed E-state index contributed by atoms with van der Waals surface area (Å²) >= 11 is 0. The lowest BCUT2D eigenvalue weighted by Crippen LogP contribution is -2.31. The summed E-state index contributed by atoms with van der Waals surface area (Å²) in [5, 5.41) is 3.01. The number of hydrogen-bond acceptors (Lipinski definition) is 2. The van der Waals surface area contributed by atoms with Gasteiger partial charge in [0.2, 0.25) is 0 Å². The van der Waals surface area contributed by atoms with Gasteiger partial charge in [0, 0.05) is 11.1 Å². The molecule has 1 aromatic carbocycles. The Hall–Kier alpha value is -2.10. The Bertz CT molecular complexity index is 691. The van der Waals surface area contributed by atoms with Crippen LogP contribution >= 0.6 is 0 Å². The van der Waals surface area contributed by atoms with E-state index in [0.29, 0.717) is 5.69 Å². The molecule has 2 aromatic rings. The molecule has 0 atom stereocenters. The molecule has 0 radical (unpaired) electrons. The van der Waals surface area contributed by atoms with E-state index in [0.717, 1.165) is 18.5 Å². The minimum absolute atomic E-state index is 0.0686. The number of Topliss-reactive ketones (excluding diaryl/α,β-unsaturated/α-hetero) is 1. The van der Waals surface area contributed by atoms with Crippen molar-refractivity contribution in [3.8, 4) is 5.69 Å². The molecule has 21 heavy (non-hydrogen) atoms. The number of rotatable bonds is 5. The van der Waals surface area contributed by atoms with Crippen LogP contribution in [0, 0.1) is 12.3 Å². The van der Waals surface area contributed by atoms with Crippen LogP contribution in [0.1, 0.15) is 49.7 Å². The van der Waals surface area contributed by atoms with Gasteiger partial charge in [0.05, 0.1) is 5.69 Å². The Morgan fingerprint density at radius 3 is 2.29 bits per heavy atom. The average molecular weight is 286 g/mol. The molecular formula is C17H22N2O2. The van der Waals surface area contributed by atoms with Crippen molar-refractivity contribution in [1.29, 1.82) is 0 Å². The second-order valence-electron chi connectivity index (χ2n) is 5.68. The van der Waals surface area contributed by atoms with Crippen LogP contribution in [-0.2, 0) is 0 Å². The monoisotopic (exact) mass is 286 g/mol. The third-order valence-corrected chi connectivity index (χ3v) is 4.42. The number of nitrogens with one attached hydrogen (secondary N) is 1. The van der Waals surface area contributed by atoms with Crippen LogP contribution < -0.4 is 5.56 Å². The number of hydrogen-bond donors (Lipinski definition) is 1. The van der Waals surface area contributed by atoms with E-state index in [1.165, 1.54) is 4.68 Å². The molecule has 0 aliphatic rings. The molecule has 0 unspecified atom stereocenters. The lowest BCUT2D eigenvalue weighted by atomic mass is 9.78. The normalized spacial score (nSPS) is 11.6. The van der Waals surface area contributed by atoms with Crippen molar-refractivity contribution in [2.75, 3.05) is 0 Å². The summed E-state index contributed by atoms with van der Waals surface area (Å²) in [6.07, 6.45) is 1.44. The molecule has 1 heterocycles. The van der Waals surface area contributed by atoms with E-state index in [9.17, 15) is 9.59 Å². The van der Waals surface area contributed by atoms with Crippen molar-refractivity contribution < 1.29 is 4.79 Å². The van der Waals surface area contributed by atoms with E-state index < -0.39 is 5.41 Å². The number of benzene rings is 1. The zero-order valence-electron chi connectivity index (χ0n) is 13.1. The van der Waals surface area contributed by atoms with Gasteiger partial charge in [-0.15, -0.1) is 0 Å². The molecule has 0 aliphatic carbocycles. The minimum Gasteiger partial charge on any atom is -0.295 e. The number of aromatic nitrogens is 2. The second kappa shape index (κ2) is 5.72. The Kier molecular flexibility index (Phi) is 4.16. The molecule has 0 saturated heterocycles. The molecule has 112 valence electrons. The number of carbonyl (C=O) groups is 1. The van der Waals surface area contributed by atoms with Gasteiger partial charge in [-0.25, -0.2) is 4.68 Å². The molecule has 0 spiro atoms. The van der Waals surface area contributed by atoms with Gasteiger partial charge in [0.1, 0.15) is 5.56 Å². The van der Waals surface area contributed by atoms with Crippen LogP contribution in [0.15, 0.2) is 35.1 Å². The van der Waals surface area contributed by atoms with Crippen molar-refractivity contribution >= 4 is 5.78 Å². The third kappa shape index (κ3) is 2.58. The lowest BCUT2D eigenvalue weighted by molar-refractivity contribution is 0.0801. The summed E-state index contributed by atoms with van der Waals surface area (Å²) in [4.78, 5) is 25.4. The van der Waals surface area contributed by atoms with Gasteiger partial charge in [0.15, 0.2) is 5.78 Å². The minimum atomic E-state index is -0.485. The van der Waals surface area contributed by atoms with Gasteiger partial charge in [-0.05, 0) is 31.9 Å². The Morgan fingerprint density at radius 2 is 1.76 bits per heavy atom. The molecule has 4 nitrogen and oxygen atoms in total. The van der Waals surface area contributed by atoms with Crippen molar-refractivity contribution in [3.05, 3.63) is 51.9 Å². The number of H-pyrrole nitrogens is 1. The standard InChI is InChI=1S/C17H22N2O2/c1-5-17(4,6-2)15(20)14-12(3)18-19(16(14)21)13-10-8-7-9-11-13/h7-11,18H,5-6H2,1-4H3. The third-order valence-electron chi connectivity index (χ3n) is 4.42. The summed E-state index contributed by atoms with van der Waals surface area (Å²) in [5.74, 6) is -0.0686. The van der Waals surface area contributed by atoms with E-state index in [-0.39, 0.29) is 16.9 Å². The molecule has 0 bridgehead atoms. The fraction of sp³-hybridized carbons (Fsp3) is 0.412. The van der Waals surface area contributed by atoms with Crippen LogP contribution in [0.5, 0.6) is 0 Å². The van der Waals surface area contributed by atoms with Gasteiger partial charge in [-0.2, -0.15) is 0 Å². The molecule has 0 saturated carbocycles. The fourth-order valence-electron chi connectivity index (χ4n) is 2.45. The number of aromatic amines is 1. The highest BCUT2D eigenvalue weighted by molar-refractivity contribution is 6.00. The molecule has 0 aliphatic heterocycles. The van der Waals surface area contributed by atoms with E-state index in [4.69, 9.17) is 0 Å². The van der Waals surface area contributed by atoms with E-state index in [1.807, 2.05) is 51.1 Å². The molecule has 2 rings (SSSR count). The zero-order valence-corrected chi connectivity index (χ0v) is 13.1. The number of para-hydroxylation sites is 1. The van der Waals surface area contributed by atoms with Crippen LogP contribution in [0.25, 0.3) is 5.69 Å². The van der Waals surface area contributed by atoms with Gasteiger partial charge in [-0.1, -0.05) is 39.0 Å². The van der Waals surface area contributed by atoms with Crippen molar-refractivity contribution in [3.63, 3.8) is 0 Å².